The van der Waals surface area contributed by atoms with E-state index in [1.165, 1.54) is 11.3 Å². The van der Waals surface area contributed by atoms with Gasteiger partial charge in [0.15, 0.2) is 0 Å². The Morgan fingerprint density at radius 2 is 1.90 bits per heavy atom. The summed E-state index contributed by atoms with van der Waals surface area (Å²) in [5.74, 6) is 0. The first kappa shape index (κ1) is 15.8. The molecule has 1 aromatic carbocycles. The van der Waals surface area contributed by atoms with Crippen LogP contribution in [0, 0.1) is 6.92 Å². The fourth-order valence-corrected chi connectivity index (χ4v) is 4.86. The van der Waals surface area contributed by atoms with E-state index < -0.39 is 16.1 Å². The maximum atomic E-state index is 12.2. The molecular formula is C13H13Cl2NO2S2. The first-order chi connectivity index (χ1) is 9.29. The van der Waals surface area contributed by atoms with Gasteiger partial charge in [0, 0.05) is 21.0 Å². The van der Waals surface area contributed by atoms with Gasteiger partial charge in [0.1, 0.15) is 4.21 Å². The molecule has 108 valence electrons. The van der Waals surface area contributed by atoms with E-state index in [0.717, 1.165) is 4.88 Å². The van der Waals surface area contributed by atoms with Crippen LogP contribution in [0.3, 0.4) is 0 Å². The molecule has 1 N–H and O–H groups in total. The van der Waals surface area contributed by atoms with Gasteiger partial charge in [-0.15, -0.1) is 11.3 Å². The Hall–Kier alpha value is -0.590. The number of rotatable bonds is 4. The number of thiophene rings is 1. The lowest BCUT2D eigenvalue weighted by atomic mass is 10.1. The lowest BCUT2D eigenvalue weighted by Crippen LogP contribution is -2.26. The van der Waals surface area contributed by atoms with Crippen molar-refractivity contribution in [3.05, 3.63) is 50.8 Å². The highest BCUT2D eigenvalue weighted by atomic mass is 35.5. The standard InChI is InChI=1S/C13H13Cl2NO2S2/c1-8-3-6-13(19-8)20(17,18)16-9(2)11-5-4-10(14)7-12(11)15/h3-7,9,16H,1-2H3/t9-/m1/s1. The van der Waals surface area contributed by atoms with Crippen molar-refractivity contribution in [2.45, 2.75) is 24.1 Å². The monoisotopic (exact) mass is 349 g/mol. The van der Waals surface area contributed by atoms with Crippen molar-refractivity contribution in [2.75, 3.05) is 0 Å². The zero-order valence-corrected chi connectivity index (χ0v) is 14.0. The van der Waals surface area contributed by atoms with Crippen LogP contribution in [0.5, 0.6) is 0 Å². The van der Waals surface area contributed by atoms with Gasteiger partial charge < -0.3 is 0 Å². The van der Waals surface area contributed by atoms with Crippen LogP contribution >= 0.6 is 34.5 Å². The number of aryl methyl sites for hydroxylation is 1. The van der Waals surface area contributed by atoms with Gasteiger partial charge in [-0.25, -0.2) is 13.1 Å². The minimum Gasteiger partial charge on any atom is -0.206 e. The van der Waals surface area contributed by atoms with E-state index in [1.807, 2.05) is 6.92 Å². The zero-order chi connectivity index (χ0) is 14.9. The van der Waals surface area contributed by atoms with Gasteiger partial charge in [-0.1, -0.05) is 29.3 Å². The van der Waals surface area contributed by atoms with Crippen LogP contribution in [0.4, 0.5) is 0 Å². The molecule has 1 aromatic heterocycles. The van der Waals surface area contributed by atoms with Crippen molar-refractivity contribution in [3.8, 4) is 0 Å². The largest absolute Gasteiger partial charge is 0.250 e. The number of sulfonamides is 1. The second kappa shape index (κ2) is 6.03. The number of hydrogen-bond acceptors (Lipinski definition) is 3. The molecule has 2 rings (SSSR count). The van der Waals surface area contributed by atoms with Crippen molar-refractivity contribution in [1.29, 1.82) is 0 Å². The molecule has 0 aliphatic heterocycles. The van der Waals surface area contributed by atoms with E-state index in [2.05, 4.69) is 4.72 Å². The quantitative estimate of drug-likeness (QED) is 0.888. The van der Waals surface area contributed by atoms with Crippen molar-refractivity contribution in [1.82, 2.24) is 4.72 Å². The molecule has 0 amide bonds. The van der Waals surface area contributed by atoms with Crippen LogP contribution in [-0.4, -0.2) is 8.42 Å². The number of benzene rings is 1. The highest BCUT2D eigenvalue weighted by molar-refractivity contribution is 7.91. The molecule has 7 heteroatoms. The molecular weight excluding hydrogens is 337 g/mol. The van der Waals surface area contributed by atoms with Gasteiger partial charge in [0.25, 0.3) is 10.0 Å². The molecule has 1 atom stereocenters. The third-order valence-corrected chi connectivity index (χ3v) is 6.34. The summed E-state index contributed by atoms with van der Waals surface area (Å²) in [6.45, 7) is 3.61. The summed E-state index contributed by atoms with van der Waals surface area (Å²) in [6, 6.07) is 7.93. The van der Waals surface area contributed by atoms with Gasteiger partial charge in [0.05, 0.1) is 0 Å². The molecule has 0 bridgehead atoms. The van der Waals surface area contributed by atoms with Crippen LogP contribution in [0.2, 0.25) is 10.0 Å². The minimum absolute atomic E-state index is 0.298. The Morgan fingerprint density at radius 3 is 2.45 bits per heavy atom. The molecule has 20 heavy (non-hydrogen) atoms. The van der Waals surface area contributed by atoms with E-state index in [0.29, 0.717) is 19.8 Å². The Labute approximate surface area is 132 Å². The molecule has 0 saturated heterocycles. The first-order valence-corrected chi connectivity index (χ1v) is 8.89. The molecule has 0 aliphatic carbocycles. The highest BCUT2D eigenvalue weighted by Gasteiger charge is 2.21. The first-order valence-electron chi connectivity index (χ1n) is 5.83. The number of nitrogens with one attached hydrogen (secondary N) is 1. The number of halogens is 2. The summed E-state index contributed by atoms with van der Waals surface area (Å²) in [5, 5.41) is 0.956. The summed E-state index contributed by atoms with van der Waals surface area (Å²) in [7, 11) is -3.54. The van der Waals surface area contributed by atoms with E-state index in [9.17, 15) is 8.42 Å². The van der Waals surface area contributed by atoms with E-state index in [-0.39, 0.29) is 0 Å². The smallest absolute Gasteiger partial charge is 0.206 e. The predicted molar refractivity (Wildman–Crippen MR) is 84.3 cm³/mol. The van der Waals surface area contributed by atoms with Gasteiger partial charge in [0.2, 0.25) is 0 Å². The molecule has 0 unspecified atom stereocenters. The van der Waals surface area contributed by atoms with Crippen molar-refractivity contribution < 1.29 is 8.42 Å². The second-order valence-corrected chi connectivity index (χ2v) is 8.45. The third kappa shape index (κ3) is 3.54. The number of hydrogen-bond donors (Lipinski definition) is 1. The maximum Gasteiger partial charge on any atom is 0.250 e. The lowest BCUT2D eigenvalue weighted by molar-refractivity contribution is 0.569. The van der Waals surface area contributed by atoms with Gasteiger partial charge in [-0.2, -0.15) is 0 Å². The van der Waals surface area contributed by atoms with Crippen LogP contribution in [0.25, 0.3) is 0 Å². The molecule has 2 aromatic rings. The Morgan fingerprint density at radius 1 is 1.20 bits per heavy atom. The molecule has 3 nitrogen and oxygen atoms in total. The Kier molecular flexibility index (Phi) is 4.76. The molecule has 0 saturated carbocycles. The summed E-state index contributed by atoms with van der Waals surface area (Å²) < 4.78 is 27.4. The molecule has 0 radical (unpaired) electrons. The fraction of sp³-hybridized carbons (Fsp3) is 0.231. The van der Waals surface area contributed by atoms with Crippen LogP contribution < -0.4 is 4.72 Å². The summed E-state index contributed by atoms with van der Waals surface area (Å²) >= 11 is 13.2. The topological polar surface area (TPSA) is 46.2 Å². The lowest BCUT2D eigenvalue weighted by Gasteiger charge is -2.15. The molecule has 0 spiro atoms. The summed E-state index contributed by atoms with van der Waals surface area (Å²) in [4.78, 5) is 0.947. The van der Waals surface area contributed by atoms with Gasteiger partial charge in [-0.3, -0.25) is 0 Å². The Bertz CT molecular complexity index is 726. The summed E-state index contributed by atoms with van der Waals surface area (Å²) in [6.07, 6.45) is 0. The van der Waals surface area contributed by atoms with Crippen molar-refractivity contribution in [3.63, 3.8) is 0 Å². The fourth-order valence-electron chi connectivity index (χ4n) is 1.76. The van der Waals surface area contributed by atoms with E-state index in [1.54, 1.807) is 37.3 Å². The maximum absolute atomic E-state index is 12.2. The van der Waals surface area contributed by atoms with E-state index in [4.69, 9.17) is 23.2 Å². The van der Waals surface area contributed by atoms with Gasteiger partial charge in [-0.05, 0) is 43.7 Å². The molecule has 0 aliphatic rings. The van der Waals surface area contributed by atoms with Gasteiger partial charge >= 0.3 is 0 Å². The predicted octanol–water partition coefficient (Wildman–Crippen LogP) is 4.40. The minimum atomic E-state index is -3.54. The van der Waals surface area contributed by atoms with E-state index >= 15 is 0 Å². The average molecular weight is 350 g/mol. The molecule has 0 fully saturated rings. The van der Waals surface area contributed by atoms with Crippen molar-refractivity contribution >= 4 is 44.6 Å². The van der Waals surface area contributed by atoms with Crippen molar-refractivity contribution in [2.24, 2.45) is 0 Å². The normalized spacial score (nSPS) is 13.4. The van der Waals surface area contributed by atoms with Crippen LogP contribution in [0.1, 0.15) is 23.4 Å². The van der Waals surface area contributed by atoms with Crippen LogP contribution in [0.15, 0.2) is 34.5 Å². The highest BCUT2D eigenvalue weighted by Crippen LogP contribution is 2.28. The average Bonchev–Trinajstić information content (AvgIpc) is 2.75. The third-order valence-electron chi connectivity index (χ3n) is 2.74. The zero-order valence-electron chi connectivity index (χ0n) is 10.9. The van der Waals surface area contributed by atoms with Crippen LogP contribution in [-0.2, 0) is 10.0 Å². The second-order valence-electron chi connectivity index (χ2n) is 4.37. The summed E-state index contributed by atoms with van der Waals surface area (Å²) in [5.41, 5.74) is 0.688. The Balaban J connectivity index is 2.25. The SMILES string of the molecule is Cc1ccc(S(=O)(=O)N[C@H](C)c2ccc(Cl)cc2Cl)s1. The molecule has 1 heterocycles.